The van der Waals surface area contributed by atoms with Gasteiger partial charge in [-0.15, -0.1) is 0 Å². The van der Waals surface area contributed by atoms with Crippen LogP contribution < -0.4 is 0 Å². The third-order valence-electron chi connectivity index (χ3n) is 1.93. The first-order chi connectivity index (χ1) is 5.72. The molecule has 0 N–H and O–H groups in total. The van der Waals surface area contributed by atoms with Gasteiger partial charge in [-0.3, -0.25) is 4.79 Å². The molecule has 0 aliphatic rings. The van der Waals surface area contributed by atoms with Crippen LogP contribution in [0.5, 0.6) is 0 Å². The van der Waals surface area contributed by atoms with Crippen molar-refractivity contribution in [1.29, 1.82) is 0 Å². The normalized spacial score (nSPS) is 14.4. The van der Waals surface area contributed by atoms with Crippen LogP contribution in [0, 0.1) is 11.3 Å². The van der Waals surface area contributed by atoms with Gasteiger partial charge in [0.2, 0.25) is 0 Å². The van der Waals surface area contributed by atoms with Crippen LogP contribution in [0.3, 0.4) is 0 Å². The van der Waals surface area contributed by atoms with E-state index in [0.717, 1.165) is 0 Å². The van der Waals surface area contributed by atoms with E-state index in [-0.39, 0.29) is 17.5 Å². The minimum atomic E-state index is -0.0892. The van der Waals surface area contributed by atoms with Crippen LogP contribution in [0.2, 0.25) is 0 Å². The lowest BCUT2D eigenvalue weighted by Crippen LogP contribution is -2.23. The molecule has 13 heavy (non-hydrogen) atoms. The summed E-state index contributed by atoms with van der Waals surface area (Å²) < 4.78 is 5.25. The summed E-state index contributed by atoms with van der Waals surface area (Å²) in [6.07, 6.45) is 0.513. The molecule has 0 aliphatic heterocycles. The first-order valence-electron chi connectivity index (χ1n) is 4.92. The molecule has 0 saturated carbocycles. The maximum absolute atomic E-state index is 11.4. The predicted molar refractivity (Wildman–Crippen MR) is 54.5 cm³/mol. The van der Waals surface area contributed by atoms with Gasteiger partial charge < -0.3 is 4.74 Å². The highest BCUT2D eigenvalue weighted by atomic mass is 16.5. The topological polar surface area (TPSA) is 26.3 Å². The summed E-state index contributed by atoms with van der Waals surface area (Å²) in [7, 11) is 0. The second kappa shape index (κ2) is 4.64. The van der Waals surface area contributed by atoms with E-state index in [1.165, 1.54) is 0 Å². The van der Waals surface area contributed by atoms with Gasteiger partial charge >= 0.3 is 5.97 Å². The molecular weight excluding hydrogens is 164 g/mol. The molecule has 0 aromatic rings. The van der Waals surface area contributed by atoms with E-state index in [1.807, 2.05) is 27.7 Å². The van der Waals surface area contributed by atoms with Crippen molar-refractivity contribution >= 4 is 5.97 Å². The van der Waals surface area contributed by atoms with Gasteiger partial charge in [-0.2, -0.15) is 0 Å². The molecule has 0 rings (SSSR count). The van der Waals surface area contributed by atoms with E-state index in [0.29, 0.717) is 12.3 Å². The standard InChI is InChI=1S/C11H22O2/c1-8(2)9(3)13-10(12)7-11(4,5)6/h8-9H,7H2,1-6H3. The van der Waals surface area contributed by atoms with Crippen molar-refractivity contribution in [2.24, 2.45) is 11.3 Å². The van der Waals surface area contributed by atoms with E-state index in [1.54, 1.807) is 0 Å². The number of carbonyl (C=O) groups excluding carboxylic acids is 1. The molecule has 0 amide bonds. The third kappa shape index (κ3) is 6.62. The van der Waals surface area contributed by atoms with Crippen LogP contribution in [-0.4, -0.2) is 12.1 Å². The quantitative estimate of drug-likeness (QED) is 0.633. The Kier molecular flexibility index (Phi) is 4.45. The molecule has 0 radical (unpaired) electrons. The van der Waals surface area contributed by atoms with Crippen LogP contribution in [0.4, 0.5) is 0 Å². The third-order valence-corrected chi connectivity index (χ3v) is 1.93. The molecule has 78 valence electrons. The lowest BCUT2D eigenvalue weighted by atomic mass is 9.92. The van der Waals surface area contributed by atoms with E-state index in [9.17, 15) is 4.79 Å². The Morgan fingerprint density at radius 3 is 2.00 bits per heavy atom. The van der Waals surface area contributed by atoms with Gasteiger partial charge in [0, 0.05) is 0 Å². The Labute approximate surface area is 81.7 Å². The Morgan fingerprint density at radius 2 is 1.69 bits per heavy atom. The van der Waals surface area contributed by atoms with Gasteiger partial charge in [-0.25, -0.2) is 0 Å². The monoisotopic (exact) mass is 186 g/mol. The van der Waals surface area contributed by atoms with Crippen molar-refractivity contribution in [3.05, 3.63) is 0 Å². The number of carbonyl (C=O) groups is 1. The number of esters is 1. The molecular formula is C11H22O2. The Bertz CT molecular complexity index is 165. The summed E-state index contributed by atoms with van der Waals surface area (Å²) in [4.78, 5) is 11.4. The Morgan fingerprint density at radius 1 is 1.23 bits per heavy atom. The molecule has 0 aromatic carbocycles. The second-order valence-corrected chi connectivity index (χ2v) is 5.18. The lowest BCUT2D eigenvalue weighted by Gasteiger charge is -2.21. The fraction of sp³-hybridized carbons (Fsp3) is 0.909. The largest absolute Gasteiger partial charge is 0.462 e. The van der Waals surface area contributed by atoms with E-state index in [4.69, 9.17) is 4.74 Å². The molecule has 0 aromatic heterocycles. The van der Waals surface area contributed by atoms with Crippen molar-refractivity contribution in [1.82, 2.24) is 0 Å². The zero-order chi connectivity index (χ0) is 10.6. The SMILES string of the molecule is CC(C)C(C)OC(=O)CC(C)(C)C. The fourth-order valence-corrected chi connectivity index (χ4v) is 0.818. The van der Waals surface area contributed by atoms with Gasteiger partial charge in [-0.1, -0.05) is 34.6 Å². The minimum Gasteiger partial charge on any atom is -0.462 e. The molecule has 2 nitrogen and oxygen atoms in total. The van der Waals surface area contributed by atoms with Crippen LogP contribution in [-0.2, 0) is 9.53 Å². The van der Waals surface area contributed by atoms with Gasteiger partial charge in [0.15, 0.2) is 0 Å². The van der Waals surface area contributed by atoms with Crippen molar-refractivity contribution in [3.8, 4) is 0 Å². The van der Waals surface area contributed by atoms with Crippen molar-refractivity contribution in [3.63, 3.8) is 0 Å². The molecule has 0 heterocycles. The fourth-order valence-electron chi connectivity index (χ4n) is 0.818. The Balaban J connectivity index is 3.89. The van der Waals surface area contributed by atoms with Gasteiger partial charge in [0.1, 0.15) is 6.10 Å². The molecule has 0 aliphatic carbocycles. The Hall–Kier alpha value is -0.530. The van der Waals surface area contributed by atoms with Crippen LogP contribution >= 0.6 is 0 Å². The van der Waals surface area contributed by atoms with Crippen LogP contribution in [0.15, 0.2) is 0 Å². The first kappa shape index (κ1) is 12.5. The van der Waals surface area contributed by atoms with Crippen molar-refractivity contribution in [2.75, 3.05) is 0 Å². The summed E-state index contributed by atoms with van der Waals surface area (Å²) in [5.41, 5.74) is 0.0216. The second-order valence-electron chi connectivity index (χ2n) is 5.18. The minimum absolute atomic E-state index is 0.0216. The average molecular weight is 186 g/mol. The maximum Gasteiger partial charge on any atom is 0.306 e. The van der Waals surface area contributed by atoms with E-state index < -0.39 is 0 Å². The lowest BCUT2D eigenvalue weighted by molar-refractivity contribution is -0.152. The molecule has 0 fully saturated rings. The number of hydrogen-bond acceptors (Lipinski definition) is 2. The summed E-state index contributed by atoms with van der Waals surface area (Å²) >= 11 is 0. The first-order valence-corrected chi connectivity index (χ1v) is 4.92. The summed E-state index contributed by atoms with van der Waals surface area (Å²) in [6.45, 7) is 12.1. The molecule has 0 spiro atoms. The summed E-state index contributed by atoms with van der Waals surface area (Å²) in [5.74, 6) is 0.303. The number of hydrogen-bond donors (Lipinski definition) is 0. The highest BCUT2D eigenvalue weighted by Crippen LogP contribution is 2.20. The molecule has 0 bridgehead atoms. The van der Waals surface area contributed by atoms with Crippen molar-refractivity contribution in [2.45, 2.75) is 54.1 Å². The number of ether oxygens (including phenoxy) is 1. The van der Waals surface area contributed by atoms with Crippen LogP contribution in [0.25, 0.3) is 0 Å². The molecule has 1 unspecified atom stereocenters. The van der Waals surface area contributed by atoms with Crippen molar-refractivity contribution < 1.29 is 9.53 Å². The maximum atomic E-state index is 11.4. The van der Waals surface area contributed by atoms with E-state index in [2.05, 4.69) is 13.8 Å². The van der Waals surface area contributed by atoms with Gasteiger partial charge in [-0.05, 0) is 18.3 Å². The molecule has 1 atom stereocenters. The van der Waals surface area contributed by atoms with Crippen LogP contribution in [0.1, 0.15) is 48.0 Å². The van der Waals surface area contributed by atoms with Gasteiger partial charge in [0.25, 0.3) is 0 Å². The molecule has 2 heteroatoms. The zero-order valence-corrected chi connectivity index (χ0v) is 9.68. The zero-order valence-electron chi connectivity index (χ0n) is 9.68. The molecule has 0 saturated heterocycles. The number of rotatable bonds is 3. The summed E-state index contributed by atoms with van der Waals surface area (Å²) in [6, 6.07) is 0. The predicted octanol–water partition coefficient (Wildman–Crippen LogP) is 3.01. The summed E-state index contributed by atoms with van der Waals surface area (Å²) in [5, 5.41) is 0. The average Bonchev–Trinajstić information content (AvgIpc) is 1.81. The highest BCUT2D eigenvalue weighted by molar-refractivity contribution is 5.70. The van der Waals surface area contributed by atoms with E-state index >= 15 is 0 Å². The smallest absolute Gasteiger partial charge is 0.306 e. The highest BCUT2D eigenvalue weighted by Gasteiger charge is 2.19. The van der Waals surface area contributed by atoms with Gasteiger partial charge in [0.05, 0.1) is 6.42 Å².